The molecule has 0 spiro atoms. The monoisotopic (exact) mass is 468 g/mol. The minimum Gasteiger partial charge on any atom is -0.379 e. The molecule has 1 atom stereocenters. The SMILES string of the molecule is O=C1CC(C(=O)N(CCN2CCOCC2)c2nc3c(F)cccc3s2)CN1c1ccccc1. The third-order valence-electron chi connectivity index (χ3n) is 6.14. The first-order valence-corrected chi connectivity index (χ1v) is 11.9. The number of nitrogens with zero attached hydrogens (tertiary/aromatic N) is 4. The summed E-state index contributed by atoms with van der Waals surface area (Å²) in [6, 6.07) is 14.2. The van der Waals surface area contributed by atoms with Crippen LogP contribution in [0, 0.1) is 11.7 Å². The van der Waals surface area contributed by atoms with E-state index in [4.69, 9.17) is 4.74 Å². The van der Waals surface area contributed by atoms with E-state index in [1.165, 1.54) is 17.4 Å². The van der Waals surface area contributed by atoms with Gasteiger partial charge in [0.25, 0.3) is 0 Å². The fourth-order valence-corrected chi connectivity index (χ4v) is 5.35. The second kappa shape index (κ2) is 9.54. The highest BCUT2D eigenvalue weighted by atomic mass is 32.1. The number of benzene rings is 2. The maximum absolute atomic E-state index is 14.3. The van der Waals surface area contributed by atoms with Crippen molar-refractivity contribution in [2.75, 3.05) is 55.7 Å². The second-order valence-corrected chi connectivity index (χ2v) is 9.28. The van der Waals surface area contributed by atoms with Crippen molar-refractivity contribution >= 4 is 44.2 Å². The largest absolute Gasteiger partial charge is 0.379 e. The van der Waals surface area contributed by atoms with E-state index < -0.39 is 11.7 Å². The van der Waals surface area contributed by atoms with Crippen molar-refractivity contribution in [2.24, 2.45) is 5.92 Å². The molecule has 2 amide bonds. The molecule has 2 aliphatic heterocycles. The van der Waals surface area contributed by atoms with Crippen molar-refractivity contribution in [3.63, 3.8) is 0 Å². The molecule has 3 heterocycles. The van der Waals surface area contributed by atoms with Gasteiger partial charge in [-0.15, -0.1) is 0 Å². The van der Waals surface area contributed by atoms with Crippen molar-refractivity contribution < 1.29 is 18.7 Å². The molecule has 9 heteroatoms. The molecule has 2 saturated heterocycles. The number of rotatable bonds is 6. The zero-order valence-corrected chi connectivity index (χ0v) is 19.0. The van der Waals surface area contributed by atoms with Gasteiger partial charge in [0, 0.05) is 44.8 Å². The van der Waals surface area contributed by atoms with Crippen LogP contribution in [0.4, 0.5) is 15.2 Å². The summed E-state index contributed by atoms with van der Waals surface area (Å²) in [7, 11) is 0. The molecular formula is C24H25FN4O3S. The fourth-order valence-electron chi connectivity index (χ4n) is 4.34. The van der Waals surface area contributed by atoms with E-state index >= 15 is 0 Å². The van der Waals surface area contributed by atoms with Gasteiger partial charge in [0.15, 0.2) is 5.13 Å². The number of fused-ring (bicyclic) bond motifs is 1. The molecule has 5 rings (SSSR count). The molecular weight excluding hydrogens is 443 g/mol. The summed E-state index contributed by atoms with van der Waals surface area (Å²) < 4.78 is 20.4. The van der Waals surface area contributed by atoms with Crippen LogP contribution in [-0.2, 0) is 14.3 Å². The Kier molecular flexibility index (Phi) is 6.34. The number of halogens is 1. The van der Waals surface area contributed by atoms with E-state index in [0.717, 1.165) is 18.8 Å². The lowest BCUT2D eigenvalue weighted by atomic mass is 10.1. The summed E-state index contributed by atoms with van der Waals surface area (Å²) in [6.45, 7) is 4.37. The highest BCUT2D eigenvalue weighted by molar-refractivity contribution is 7.22. The summed E-state index contributed by atoms with van der Waals surface area (Å²) in [5, 5.41) is 0.471. The molecule has 0 bridgehead atoms. The molecule has 0 aliphatic carbocycles. The Bertz CT molecular complexity index is 1150. The molecule has 7 nitrogen and oxygen atoms in total. The van der Waals surface area contributed by atoms with Gasteiger partial charge in [-0.3, -0.25) is 19.4 Å². The summed E-state index contributed by atoms with van der Waals surface area (Å²) in [5.41, 5.74) is 1.06. The van der Waals surface area contributed by atoms with Gasteiger partial charge < -0.3 is 9.64 Å². The number of aromatic nitrogens is 1. The molecule has 1 unspecified atom stereocenters. The van der Waals surface area contributed by atoms with Gasteiger partial charge in [-0.05, 0) is 24.3 Å². The highest BCUT2D eigenvalue weighted by Gasteiger charge is 2.38. The summed E-state index contributed by atoms with van der Waals surface area (Å²) in [5.74, 6) is -1.08. The number of hydrogen-bond donors (Lipinski definition) is 0. The van der Waals surface area contributed by atoms with Crippen LogP contribution in [0.15, 0.2) is 48.5 Å². The lowest BCUT2D eigenvalue weighted by Gasteiger charge is -2.30. The summed E-state index contributed by atoms with van der Waals surface area (Å²) in [4.78, 5) is 36.4. The molecule has 0 saturated carbocycles. The molecule has 2 aliphatic rings. The van der Waals surface area contributed by atoms with Gasteiger partial charge in [0.2, 0.25) is 11.8 Å². The minimum absolute atomic E-state index is 0.0666. The molecule has 1 aromatic heterocycles. The molecule has 3 aromatic rings. The molecule has 172 valence electrons. The number of carbonyl (C=O) groups excluding carboxylic acids is 2. The van der Waals surface area contributed by atoms with Crippen LogP contribution in [0.5, 0.6) is 0 Å². The topological polar surface area (TPSA) is 66.0 Å². The first-order valence-electron chi connectivity index (χ1n) is 11.1. The Morgan fingerprint density at radius 3 is 2.70 bits per heavy atom. The number of morpholine rings is 1. The van der Waals surface area contributed by atoms with E-state index in [1.807, 2.05) is 30.3 Å². The number of para-hydroxylation sites is 2. The van der Waals surface area contributed by atoms with Crippen LogP contribution in [0.25, 0.3) is 10.2 Å². The average Bonchev–Trinajstić information content (AvgIpc) is 3.45. The van der Waals surface area contributed by atoms with Crippen LogP contribution in [0.2, 0.25) is 0 Å². The van der Waals surface area contributed by atoms with Crippen molar-refractivity contribution in [3.8, 4) is 0 Å². The zero-order chi connectivity index (χ0) is 22.8. The Labute approximate surface area is 195 Å². The third-order valence-corrected chi connectivity index (χ3v) is 7.18. The van der Waals surface area contributed by atoms with Gasteiger partial charge in [-0.25, -0.2) is 9.37 Å². The predicted molar refractivity (Wildman–Crippen MR) is 126 cm³/mol. The second-order valence-electron chi connectivity index (χ2n) is 8.27. The van der Waals surface area contributed by atoms with Crippen LogP contribution >= 0.6 is 11.3 Å². The Morgan fingerprint density at radius 1 is 1.15 bits per heavy atom. The first-order chi connectivity index (χ1) is 16.1. The van der Waals surface area contributed by atoms with Crippen LogP contribution in [0.1, 0.15) is 6.42 Å². The Morgan fingerprint density at radius 2 is 1.94 bits per heavy atom. The maximum Gasteiger partial charge on any atom is 0.234 e. The number of amides is 2. The number of carbonyl (C=O) groups is 2. The van der Waals surface area contributed by atoms with Crippen molar-refractivity contribution in [1.29, 1.82) is 0 Å². The van der Waals surface area contributed by atoms with Crippen LogP contribution in [-0.4, -0.2) is 67.6 Å². The van der Waals surface area contributed by atoms with Crippen LogP contribution in [0.3, 0.4) is 0 Å². The quantitative estimate of drug-likeness (QED) is 0.556. The van der Waals surface area contributed by atoms with E-state index in [2.05, 4.69) is 9.88 Å². The number of hydrogen-bond acceptors (Lipinski definition) is 6. The summed E-state index contributed by atoms with van der Waals surface area (Å²) in [6.07, 6.45) is 0.154. The van der Waals surface area contributed by atoms with Crippen molar-refractivity contribution in [1.82, 2.24) is 9.88 Å². The lowest BCUT2D eigenvalue weighted by Crippen LogP contribution is -2.45. The molecule has 0 N–H and O–H groups in total. The smallest absolute Gasteiger partial charge is 0.234 e. The zero-order valence-electron chi connectivity index (χ0n) is 18.2. The van der Waals surface area contributed by atoms with Gasteiger partial charge in [-0.1, -0.05) is 35.6 Å². The van der Waals surface area contributed by atoms with E-state index in [9.17, 15) is 14.0 Å². The molecule has 2 fully saturated rings. The lowest BCUT2D eigenvalue weighted by molar-refractivity contribution is -0.124. The van der Waals surface area contributed by atoms with Gasteiger partial charge >= 0.3 is 0 Å². The standard InChI is InChI=1S/C24H25FN4O3S/c25-19-7-4-8-20-22(19)26-24(33-20)28(10-9-27-11-13-32-14-12-27)23(31)17-15-21(30)29(16-17)18-5-2-1-3-6-18/h1-8,17H,9-16H2. The van der Waals surface area contributed by atoms with Crippen molar-refractivity contribution in [3.05, 3.63) is 54.3 Å². The first kappa shape index (κ1) is 21.9. The molecule has 33 heavy (non-hydrogen) atoms. The Balaban J connectivity index is 1.40. The number of ether oxygens (including phenoxy) is 1. The van der Waals surface area contributed by atoms with Crippen LogP contribution < -0.4 is 9.80 Å². The van der Waals surface area contributed by atoms with Crippen molar-refractivity contribution in [2.45, 2.75) is 6.42 Å². The van der Waals surface area contributed by atoms with Gasteiger partial charge in [0.1, 0.15) is 11.3 Å². The number of thiazole rings is 1. The molecule has 0 radical (unpaired) electrons. The average molecular weight is 469 g/mol. The van der Waals surface area contributed by atoms with Gasteiger partial charge in [0.05, 0.1) is 23.8 Å². The third kappa shape index (κ3) is 4.62. The number of anilines is 2. The molecule has 2 aromatic carbocycles. The predicted octanol–water partition coefficient (Wildman–Crippen LogP) is 3.15. The minimum atomic E-state index is -0.473. The highest BCUT2D eigenvalue weighted by Crippen LogP contribution is 2.33. The Hall–Kier alpha value is -2.88. The van der Waals surface area contributed by atoms with E-state index in [0.29, 0.717) is 42.7 Å². The van der Waals surface area contributed by atoms with Gasteiger partial charge in [-0.2, -0.15) is 0 Å². The van der Waals surface area contributed by atoms with E-state index in [-0.39, 0.29) is 23.8 Å². The normalized spacial score (nSPS) is 19.4. The van der Waals surface area contributed by atoms with E-state index in [1.54, 1.807) is 21.9 Å². The fraction of sp³-hybridized carbons (Fsp3) is 0.375. The summed E-state index contributed by atoms with van der Waals surface area (Å²) >= 11 is 1.30. The maximum atomic E-state index is 14.3.